The lowest BCUT2D eigenvalue weighted by Gasteiger charge is -2.21. The molecular formula is C11H15FIN3O. The lowest BCUT2D eigenvalue weighted by molar-refractivity contribution is -0.119. The van der Waals surface area contributed by atoms with Gasteiger partial charge in [-0.05, 0) is 34.6 Å². The van der Waals surface area contributed by atoms with Crippen molar-refractivity contribution >= 4 is 39.9 Å². The predicted molar refractivity (Wildman–Crippen MR) is 75.0 cm³/mol. The van der Waals surface area contributed by atoms with Crippen molar-refractivity contribution in [3.05, 3.63) is 21.5 Å². The Balaban J connectivity index is 3.01. The molecule has 1 aromatic rings. The van der Waals surface area contributed by atoms with Crippen LogP contribution in [-0.4, -0.2) is 11.9 Å². The first-order valence-corrected chi connectivity index (χ1v) is 6.21. The fraction of sp³-hybridized carbons (Fsp3) is 0.364. The van der Waals surface area contributed by atoms with Crippen molar-refractivity contribution in [2.24, 2.45) is 11.7 Å². The molecule has 0 heterocycles. The molecule has 5 N–H and O–H groups in total. The van der Waals surface area contributed by atoms with Gasteiger partial charge in [0.2, 0.25) is 5.91 Å². The van der Waals surface area contributed by atoms with Crippen molar-refractivity contribution in [2.45, 2.75) is 19.9 Å². The topological polar surface area (TPSA) is 81.1 Å². The number of carbonyl (C=O) groups is 1. The number of hydrogen-bond acceptors (Lipinski definition) is 3. The molecular weight excluding hydrogens is 336 g/mol. The molecule has 0 saturated carbocycles. The van der Waals surface area contributed by atoms with Crippen molar-refractivity contribution in [3.8, 4) is 0 Å². The number of hydrogen-bond donors (Lipinski definition) is 3. The molecule has 0 aliphatic carbocycles. The Labute approximate surface area is 113 Å². The Morgan fingerprint density at radius 2 is 2.06 bits per heavy atom. The Morgan fingerprint density at radius 3 is 2.53 bits per heavy atom. The largest absolute Gasteiger partial charge is 0.397 e. The quantitative estimate of drug-likeness (QED) is 0.573. The molecule has 0 aliphatic rings. The summed E-state index contributed by atoms with van der Waals surface area (Å²) in [7, 11) is 0. The maximum atomic E-state index is 13.4. The molecule has 0 saturated heterocycles. The maximum absolute atomic E-state index is 13.4. The van der Waals surface area contributed by atoms with E-state index >= 15 is 0 Å². The molecule has 1 unspecified atom stereocenters. The lowest BCUT2D eigenvalue weighted by atomic mass is 10.0. The summed E-state index contributed by atoms with van der Waals surface area (Å²) in [6.45, 7) is 3.70. The van der Waals surface area contributed by atoms with Crippen molar-refractivity contribution in [1.29, 1.82) is 0 Å². The van der Waals surface area contributed by atoms with E-state index in [1.54, 1.807) is 0 Å². The second kappa shape index (κ2) is 5.52. The summed E-state index contributed by atoms with van der Waals surface area (Å²) in [6, 6.07) is 2.21. The number of rotatable bonds is 4. The van der Waals surface area contributed by atoms with Crippen molar-refractivity contribution < 1.29 is 9.18 Å². The Bertz CT molecular complexity index is 437. The van der Waals surface area contributed by atoms with E-state index < -0.39 is 11.9 Å². The lowest BCUT2D eigenvalue weighted by Crippen LogP contribution is -2.39. The van der Waals surface area contributed by atoms with Gasteiger partial charge in [0.1, 0.15) is 11.9 Å². The molecule has 0 bridgehead atoms. The van der Waals surface area contributed by atoms with Gasteiger partial charge in [-0.1, -0.05) is 13.8 Å². The highest BCUT2D eigenvalue weighted by Crippen LogP contribution is 2.25. The second-order valence-corrected chi connectivity index (χ2v) is 5.28. The molecule has 0 radical (unpaired) electrons. The third-order valence-electron chi connectivity index (χ3n) is 2.38. The minimum absolute atomic E-state index is 0.00533. The first-order chi connectivity index (χ1) is 7.82. The summed E-state index contributed by atoms with van der Waals surface area (Å²) in [5.74, 6) is -0.873. The standard InChI is InChI=1S/C11H15FIN3O/c1-5(2)10(11(15)17)16-9-3-6(12)7(13)4-8(9)14/h3-5,10,16H,14H2,1-2H3,(H2,15,17). The average Bonchev–Trinajstić information content (AvgIpc) is 2.20. The third kappa shape index (κ3) is 3.45. The van der Waals surface area contributed by atoms with Crippen LogP contribution in [0.1, 0.15) is 13.8 Å². The number of halogens is 2. The van der Waals surface area contributed by atoms with Crippen LogP contribution in [0.15, 0.2) is 12.1 Å². The van der Waals surface area contributed by atoms with Crippen LogP contribution < -0.4 is 16.8 Å². The molecule has 6 heteroatoms. The molecule has 4 nitrogen and oxygen atoms in total. The summed E-state index contributed by atoms with van der Waals surface area (Å²) >= 11 is 1.85. The van der Waals surface area contributed by atoms with Gasteiger partial charge in [-0.3, -0.25) is 4.79 Å². The maximum Gasteiger partial charge on any atom is 0.240 e. The Hall–Kier alpha value is -1.05. The number of anilines is 2. The van der Waals surface area contributed by atoms with Gasteiger partial charge in [-0.15, -0.1) is 0 Å². The Kier molecular flexibility index (Phi) is 4.55. The van der Waals surface area contributed by atoms with Gasteiger partial charge in [0.15, 0.2) is 0 Å². The van der Waals surface area contributed by atoms with Crippen LogP contribution in [0.5, 0.6) is 0 Å². The first-order valence-electron chi connectivity index (χ1n) is 5.13. The van der Waals surface area contributed by atoms with Crippen LogP contribution in [-0.2, 0) is 4.79 Å². The van der Waals surface area contributed by atoms with Crippen molar-refractivity contribution in [2.75, 3.05) is 11.1 Å². The highest BCUT2D eigenvalue weighted by atomic mass is 127. The number of carbonyl (C=O) groups excluding carboxylic acids is 1. The van der Waals surface area contributed by atoms with Crippen LogP contribution >= 0.6 is 22.6 Å². The number of primary amides is 1. The molecule has 1 amide bonds. The smallest absolute Gasteiger partial charge is 0.240 e. The zero-order chi connectivity index (χ0) is 13.2. The summed E-state index contributed by atoms with van der Waals surface area (Å²) in [5.41, 5.74) is 11.8. The van der Waals surface area contributed by atoms with E-state index in [0.29, 0.717) is 14.9 Å². The van der Waals surface area contributed by atoms with Gasteiger partial charge < -0.3 is 16.8 Å². The summed E-state index contributed by atoms with van der Waals surface area (Å²) in [4.78, 5) is 11.2. The van der Waals surface area contributed by atoms with Gasteiger partial charge in [0.25, 0.3) is 0 Å². The normalized spacial score (nSPS) is 12.5. The van der Waals surface area contributed by atoms with Crippen LogP contribution in [0.25, 0.3) is 0 Å². The average molecular weight is 351 g/mol. The van der Waals surface area contributed by atoms with Crippen molar-refractivity contribution in [1.82, 2.24) is 0 Å². The molecule has 94 valence electrons. The summed E-state index contributed by atoms with van der Waals surface area (Å²) in [5, 5.41) is 2.87. The molecule has 0 aromatic heterocycles. The number of nitrogens with two attached hydrogens (primary N) is 2. The molecule has 0 fully saturated rings. The highest BCUT2D eigenvalue weighted by molar-refractivity contribution is 14.1. The van der Waals surface area contributed by atoms with Crippen LogP contribution in [0.3, 0.4) is 0 Å². The van der Waals surface area contributed by atoms with Gasteiger partial charge in [-0.2, -0.15) is 0 Å². The summed E-state index contributed by atoms with van der Waals surface area (Å²) < 4.78 is 13.8. The van der Waals surface area contributed by atoms with Crippen LogP contribution in [0.2, 0.25) is 0 Å². The molecule has 17 heavy (non-hydrogen) atoms. The van der Waals surface area contributed by atoms with E-state index in [2.05, 4.69) is 5.32 Å². The molecule has 1 rings (SSSR count). The first kappa shape index (κ1) is 14.0. The minimum Gasteiger partial charge on any atom is -0.397 e. The highest BCUT2D eigenvalue weighted by Gasteiger charge is 2.20. The van der Waals surface area contributed by atoms with Gasteiger partial charge >= 0.3 is 0 Å². The van der Waals surface area contributed by atoms with E-state index in [4.69, 9.17) is 11.5 Å². The summed E-state index contributed by atoms with van der Waals surface area (Å²) in [6.07, 6.45) is 0. The number of nitrogen functional groups attached to an aromatic ring is 1. The van der Waals surface area contributed by atoms with Crippen LogP contribution in [0, 0.1) is 15.3 Å². The molecule has 1 atom stereocenters. The fourth-order valence-electron chi connectivity index (χ4n) is 1.42. The van der Waals surface area contributed by atoms with E-state index in [1.807, 2.05) is 36.4 Å². The molecule has 0 aliphatic heterocycles. The zero-order valence-corrected chi connectivity index (χ0v) is 11.8. The van der Waals surface area contributed by atoms with Gasteiger partial charge in [0.05, 0.1) is 14.9 Å². The number of amides is 1. The van der Waals surface area contributed by atoms with Gasteiger partial charge in [0, 0.05) is 6.07 Å². The van der Waals surface area contributed by atoms with E-state index in [0.717, 1.165) is 0 Å². The minimum atomic E-state index is -0.572. The number of nitrogens with one attached hydrogen (secondary N) is 1. The zero-order valence-electron chi connectivity index (χ0n) is 9.63. The van der Waals surface area contributed by atoms with Crippen LogP contribution in [0.4, 0.5) is 15.8 Å². The van der Waals surface area contributed by atoms with E-state index in [9.17, 15) is 9.18 Å². The van der Waals surface area contributed by atoms with Crippen molar-refractivity contribution in [3.63, 3.8) is 0 Å². The second-order valence-electron chi connectivity index (χ2n) is 4.12. The molecule has 1 aromatic carbocycles. The SMILES string of the molecule is CC(C)C(Nc1cc(F)c(I)cc1N)C(N)=O. The van der Waals surface area contributed by atoms with E-state index in [-0.39, 0.29) is 11.7 Å². The van der Waals surface area contributed by atoms with Gasteiger partial charge in [-0.25, -0.2) is 4.39 Å². The monoisotopic (exact) mass is 351 g/mol. The van der Waals surface area contributed by atoms with E-state index in [1.165, 1.54) is 12.1 Å². The predicted octanol–water partition coefficient (Wildman–Crippen LogP) is 1.93. The third-order valence-corrected chi connectivity index (χ3v) is 3.20. The molecule has 0 spiro atoms. The Morgan fingerprint density at radius 1 is 1.47 bits per heavy atom. The fourth-order valence-corrected chi connectivity index (χ4v) is 1.91. The number of benzene rings is 1.